The zero-order chi connectivity index (χ0) is 16.4. The van der Waals surface area contributed by atoms with Crippen molar-refractivity contribution in [3.05, 3.63) is 23.9 Å². The van der Waals surface area contributed by atoms with Gasteiger partial charge in [0.25, 0.3) is 0 Å². The van der Waals surface area contributed by atoms with E-state index in [1.54, 1.807) is 19.2 Å². The van der Waals surface area contributed by atoms with Crippen molar-refractivity contribution in [2.24, 2.45) is 4.99 Å². The SMILES string of the molecule is CCCCNC(=NC)NCc1cccnc1OCC(F)(F)F.I. The average Bonchev–Trinajstić information content (AvgIpc) is 2.48. The molecule has 0 aliphatic heterocycles. The maximum atomic E-state index is 12.2. The van der Waals surface area contributed by atoms with Gasteiger partial charge in [-0.05, 0) is 12.5 Å². The van der Waals surface area contributed by atoms with E-state index in [0.29, 0.717) is 11.5 Å². The van der Waals surface area contributed by atoms with Crippen molar-refractivity contribution in [3.63, 3.8) is 0 Å². The predicted molar refractivity (Wildman–Crippen MR) is 94.3 cm³/mol. The van der Waals surface area contributed by atoms with Crippen LogP contribution in [0.2, 0.25) is 0 Å². The van der Waals surface area contributed by atoms with Crippen molar-refractivity contribution in [3.8, 4) is 5.88 Å². The van der Waals surface area contributed by atoms with Gasteiger partial charge < -0.3 is 15.4 Å². The van der Waals surface area contributed by atoms with E-state index in [2.05, 4.69) is 27.5 Å². The smallest absolute Gasteiger partial charge is 0.422 e. The van der Waals surface area contributed by atoms with E-state index in [-0.39, 0.29) is 36.4 Å². The van der Waals surface area contributed by atoms with Crippen LogP contribution in [0.1, 0.15) is 25.3 Å². The van der Waals surface area contributed by atoms with Gasteiger partial charge >= 0.3 is 6.18 Å². The van der Waals surface area contributed by atoms with Crippen LogP contribution >= 0.6 is 24.0 Å². The number of aliphatic imine (C=N–C) groups is 1. The van der Waals surface area contributed by atoms with Gasteiger partial charge in [0, 0.05) is 31.9 Å². The summed E-state index contributed by atoms with van der Waals surface area (Å²) in [5.74, 6) is 0.551. The first kappa shape index (κ1) is 21.7. The van der Waals surface area contributed by atoms with Gasteiger partial charge in [-0.1, -0.05) is 19.4 Å². The number of pyridine rings is 1. The Morgan fingerprint density at radius 2 is 2.09 bits per heavy atom. The highest BCUT2D eigenvalue weighted by Crippen LogP contribution is 2.19. The lowest BCUT2D eigenvalue weighted by molar-refractivity contribution is -0.154. The van der Waals surface area contributed by atoms with Crippen molar-refractivity contribution < 1.29 is 17.9 Å². The summed E-state index contributed by atoms with van der Waals surface area (Å²) < 4.78 is 41.4. The Morgan fingerprint density at radius 1 is 1.35 bits per heavy atom. The quantitative estimate of drug-likeness (QED) is 0.293. The van der Waals surface area contributed by atoms with E-state index in [9.17, 15) is 13.2 Å². The molecular formula is C14H22F3IN4O. The monoisotopic (exact) mass is 446 g/mol. The van der Waals surface area contributed by atoms with E-state index in [1.807, 2.05) is 0 Å². The number of halogens is 4. The molecule has 1 aromatic heterocycles. The highest BCUT2D eigenvalue weighted by atomic mass is 127. The molecule has 0 aliphatic rings. The van der Waals surface area contributed by atoms with E-state index in [4.69, 9.17) is 4.74 Å². The molecule has 0 aromatic carbocycles. The summed E-state index contributed by atoms with van der Waals surface area (Å²) in [6, 6.07) is 3.30. The molecule has 23 heavy (non-hydrogen) atoms. The van der Waals surface area contributed by atoms with E-state index in [0.717, 1.165) is 19.4 Å². The number of hydrogen-bond acceptors (Lipinski definition) is 3. The van der Waals surface area contributed by atoms with Crippen molar-refractivity contribution in [1.82, 2.24) is 15.6 Å². The zero-order valence-electron chi connectivity index (χ0n) is 13.1. The molecule has 2 N–H and O–H groups in total. The van der Waals surface area contributed by atoms with Crippen molar-refractivity contribution in [2.75, 3.05) is 20.2 Å². The number of alkyl halides is 3. The lowest BCUT2D eigenvalue weighted by Crippen LogP contribution is -2.37. The molecule has 0 amide bonds. The summed E-state index contributed by atoms with van der Waals surface area (Å²) in [5, 5.41) is 6.13. The number of ether oxygens (including phenoxy) is 1. The molecule has 0 atom stereocenters. The standard InChI is InChI=1S/C14H21F3N4O.HI/c1-3-4-7-20-13(18-2)21-9-11-6-5-8-19-12(11)22-10-14(15,16)17;/h5-6,8H,3-4,7,9-10H2,1-2H3,(H2,18,20,21);1H. The highest BCUT2D eigenvalue weighted by Gasteiger charge is 2.29. The van der Waals surface area contributed by atoms with Crippen LogP contribution in [0.5, 0.6) is 5.88 Å². The summed E-state index contributed by atoms with van der Waals surface area (Å²) in [7, 11) is 1.63. The molecule has 0 fully saturated rings. The van der Waals surface area contributed by atoms with Crippen molar-refractivity contribution >= 4 is 29.9 Å². The molecule has 1 aromatic rings. The van der Waals surface area contributed by atoms with Crippen LogP contribution in [0, 0.1) is 0 Å². The van der Waals surface area contributed by atoms with Crippen molar-refractivity contribution in [2.45, 2.75) is 32.5 Å². The normalized spacial score (nSPS) is 11.6. The Morgan fingerprint density at radius 3 is 2.70 bits per heavy atom. The second kappa shape index (κ2) is 11.3. The number of rotatable bonds is 7. The minimum Gasteiger partial charge on any atom is -0.468 e. The Kier molecular flexibility index (Phi) is 10.7. The summed E-state index contributed by atoms with van der Waals surface area (Å²) in [6.45, 7) is 1.77. The van der Waals surface area contributed by atoms with Crippen LogP contribution in [0.25, 0.3) is 0 Å². The summed E-state index contributed by atoms with van der Waals surface area (Å²) in [5.41, 5.74) is 0.533. The van der Waals surface area contributed by atoms with Gasteiger partial charge in [0.2, 0.25) is 5.88 Å². The minimum atomic E-state index is -4.39. The fourth-order valence-electron chi connectivity index (χ4n) is 1.62. The number of unbranched alkanes of at least 4 members (excludes halogenated alkanes) is 1. The molecule has 0 radical (unpaired) electrons. The third kappa shape index (κ3) is 9.47. The predicted octanol–water partition coefficient (Wildman–Crippen LogP) is 3.11. The minimum absolute atomic E-state index is 0. The Hall–Kier alpha value is -1.26. The van der Waals surface area contributed by atoms with Gasteiger partial charge in [0.1, 0.15) is 0 Å². The van der Waals surface area contributed by atoms with Crippen LogP contribution in [0.4, 0.5) is 13.2 Å². The van der Waals surface area contributed by atoms with E-state index in [1.165, 1.54) is 6.20 Å². The van der Waals surface area contributed by atoms with Crippen LogP contribution < -0.4 is 15.4 Å². The first-order chi connectivity index (χ1) is 10.5. The van der Waals surface area contributed by atoms with Gasteiger partial charge in [0.15, 0.2) is 12.6 Å². The molecule has 0 unspecified atom stereocenters. The molecule has 0 saturated heterocycles. The second-order valence-electron chi connectivity index (χ2n) is 4.58. The van der Waals surface area contributed by atoms with Crippen molar-refractivity contribution in [1.29, 1.82) is 0 Å². The van der Waals surface area contributed by atoms with Crippen LogP contribution in [0.3, 0.4) is 0 Å². The lowest BCUT2D eigenvalue weighted by atomic mass is 10.2. The summed E-state index contributed by atoms with van der Waals surface area (Å²) in [4.78, 5) is 7.88. The number of guanidine groups is 1. The second-order valence-corrected chi connectivity index (χ2v) is 4.58. The lowest BCUT2D eigenvalue weighted by Gasteiger charge is -2.14. The molecule has 1 heterocycles. The third-order valence-electron chi connectivity index (χ3n) is 2.72. The van der Waals surface area contributed by atoms with Crippen LogP contribution in [-0.4, -0.2) is 37.3 Å². The molecule has 5 nitrogen and oxygen atoms in total. The molecule has 0 aliphatic carbocycles. The fraction of sp³-hybridized carbons (Fsp3) is 0.571. The van der Waals surface area contributed by atoms with Gasteiger partial charge in [-0.25, -0.2) is 4.98 Å². The Balaban J connectivity index is 0.00000484. The molecule has 0 bridgehead atoms. The van der Waals surface area contributed by atoms with E-state index < -0.39 is 12.8 Å². The molecular weight excluding hydrogens is 424 g/mol. The first-order valence-electron chi connectivity index (χ1n) is 7.04. The average molecular weight is 446 g/mol. The zero-order valence-corrected chi connectivity index (χ0v) is 15.4. The van der Waals surface area contributed by atoms with Gasteiger partial charge in [-0.15, -0.1) is 24.0 Å². The largest absolute Gasteiger partial charge is 0.468 e. The maximum Gasteiger partial charge on any atom is 0.422 e. The Labute approximate surface area is 151 Å². The van der Waals surface area contributed by atoms with Gasteiger partial charge in [0.05, 0.1) is 0 Å². The number of hydrogen-bond donors (Lipinski definition) is 2. The molecule has 132 valence electrons. The van der Waals surface area contributed by atoms with Crippen LogP contribution in [-0.2, 0) is 6.54 Å². The third-order valence-corrected chi connectivity index (χ3v) is 2.72. The number of nitrogens with zero attached hydrogens (tertiary/aromatic N) is 2. The fourth-order valence-corrected chi connectivity index (χ4v) is 1.62. The van der Waals surface area contributed by atoms with Gasteiger partial charge in [-0.2, -0.15) is 13.2 Å². The summed E-state index contributed by atoms with van der Waals surface area (Å²) in [6.07, 6.45) is -0.931. The topological polar surface area (TPSA) is 58.5 Å². The highest BCUT2D eigenvalue weighted by molar-refractivity contribution is 14.0. The van der Waals surface area contributed by atoms with E-state index >= 15 is 0 Å². The molecule has 0 spiro atoms. The first-order valence-corrected chi connectivity index (χ1v) is 7.04. The van der Waals surface area contributed by atoms with Gasteiger partial charge in [-0.3, -0.25) is 4.99 Å². The summed E-state index contributed by atoms with van der Waals surface area (Å²) >= 11 is 0. The number of nitrogens with one attached hydrogen (secondary N) is 2. The Bertz CT molecular complexity index is 483. The van der Waals surface area contributed by atoms with Crippen LogP contribution in [0.15, 0.2) is 23.3 Å². The molecule has 9 heteroatoms. The number of aromatic nitrogens is 1. The molecule has 0 saturated carbocycles. The molecule has 1 rings (SSSR count). The maximum absolute atomic E-state index is 12.2.